The van der Waals surface area contributed by atoms with Gasteiger partial charge in [0.15, 0.2) is 0 Å². The van der Waals surface area contributed by atoms with Gasteiger partial charge in [0.25, 0.3) is 0 Å². The van der Waals surface area contributed by atoms with Crippen molar-refractivity contribution in [1.29, 1.82) is 5.26 Å². The van der Waals surface area contributed by atoms with Crippen LogP contribution in [0.15, 0.2) is 12.1 Å². The summed E-state index contributed by atoms with van der Waals surface area (Å²) in [6.07, 6.45) is 0. The molecule has 19 heavy (non-hydrogen) atoms. The highest BCUT2D eigenvalue weighted by molar-refractivity contribution is 6.63. The Kier molecular flexibility index (Phi) is 3.08. The van der Waals surface area contributed by atoms with Gasteiger partial charge in [0.1, 0.15) is 17.6 Å². The van der Waals surface area contributed by atoms with Crippen molar-refractivity contribution >= 4 is 12.6 Å². The van der Waals surface area contributed by atoms with Gasteiger partial charge < -0.3 is 14.4 Å². The van der Waals surface area contributed by atoms with Crippen molar-refractivity contribution in [3.63, 3.8) is 0 Å². The molecule has 0 unspecified atom stereocenters. The lowest BCUT2D eigenvalue weighted by Gasteiger charge is -2.32. The van der Waals surface area contributed by atoms with Gasteiger partial charge in [-0.2, -0.15) is 5.26 Å². The van der Waals surface area contributed by atoms with E-state index in [9.17, 15) is 9.50 Å². The fourth-order valence-corrected chi connectivity index (χ4v) is 1.82. The summed E-state index contributed by atoms with van der Waals surface area (Å²) in [5, 5.41) is 18.6. The fraction of sp³-hybridized carbons (Fsp3) is 0.462. The SMILES string of the molecule is CC1(C)OB(c2cc(C#N)c(F)cc2O)OC1(C)C. The number of hydrogen-bond acceptors (Lipinski definition) is 4. The van der Waals surface area contributed by atoms with Gasteiger partial charge in [-0.3, -0.25) is 0 Å². The van der Waals surface area contributed by atoms with Crippen LogP contribution in [0, 0.1) is 17.1 Å². The lowest BCUT2D eigenvalue weighted by molar-refractivity contribution is 0.00578. The topological polar surface area (TPSA) is 62.5 Å². The molecule has 0 atom stereocenters. The van der Waals surface area contributed by atoms with E-state index >= 15 is 0 Å². The molecule has 6 heteroatoms. The molecule has 1 N–H and O–H groups in total. The van der Waals surface area contributed by atoms with Crippen LogP contribution in [0.5, 0.6) is 5.75 Å². The summed E-state index contributed by atoms with van der Waals surface area (Å²) in [5.41, 5.74) is -1.02. The summed E-state index contributed by atoms with van der Waals surface area (Å²) < 4.78 is 24.9. The van der Waals surface area contributed by atoms with Crippen LogP contribution < -0.4 is 5.46 Å². The predicted octanol–water partition coefficient (Wildman–Crippen LogP) is 1.70. The largest absolute Gasteiger partial charge is 0.508 e. The maximum absolute atomic E-state index is 13.4. The normalized spacial score (nSPS) is 20.3. The van der Waals surface area contributed by atoms with E-state index in [1.54, 1.807) is 6.07 Å². The number of benzene rings is 1. The Balaban J connectivity index is 2.43. The molecule has 1 saturated heterocycles. The molecule has 100 valence electrons. The van der Waals surface area contributed by atoms with E-state index in [4.69, 9.17) is 14.6 Å². The molecule has 0 aromatic heterocycles. The second kappa shape index (κ2) is 4.22. The first-order valence-electron chi connectivity index (χ1n) is 5.96. The number of nitrogens with zero attached hydrogens (tertiary/aromatic N) is 1. The van der Waals surface area contributed by atoms with Crippen LogP contribution in [0.3, 0.4) is 0 Å². The van der Waals surface area contributed by atoms with E-state index in [0.29, 0.717) is 0 Å². The Hall–Kier alpha value is -1.58. The van der Waals surface area contributed by atoms with Gasteiger partial charge in [0.05, 0.1) is 16.8 Å². The summed E-state index contributed by atoms with van der Waals surface area (Å²) in [7, 11) is -0.822. The van der Waals surface area contributed by atoms with Crippen LogP contribution >= 0.6 is 0 Å². The van der Waals surface area contributed by atoms with Crippen LogP contribution in [0.1, 0.15) is 33.3 Å². The smallest absolute Gasteiger partial charge is 0.498 e. The second-order valence-electron chi connectivity index (χ2n) is 5.59. The van der Waals surface area contributed by atoms with Crippen LogP contribution in [-0.4, -0.2) is 23.4 Å². The van der Waals surface area contributed by atoms with E-state index in [0.717, 1.165) is 6.07 Å². The predicted molar refractivity (Wildman–Crippen MR) is 68.5 cm³/mol. The number of phenolic OH excluding ortho intramolecular Hbond substituents is 1. The lowest BCUT2D eigenvalue weighted by atomic mass is 9.77. The van der Waals surface area contributed by atoms with Gasteiger partial charge in [0, 0.05) is 11.5 Å². The van der Waals surface area contributed by atoms with Crippen LogP contribution in [0.25, 0.3) is 0 Å². The summed E-state index contributed by atoms with van der Waals surface area (Å²) in [6.45, 7) is 7.50. The van der Waals surface area contributed by atoms with Gasteiger partial charge in [0.2, 0.25) is 0 Å². The number of phenols is 1. The molecular formula is C13H15BFNO3. The third-order valence-corrected chi connectivity index (χ3v) is 3.74. The van der Waals surface area contributed by atoms with Crippen molar-refractivity contribution in [1.82, 2.24) is 0 Å². The van der Waals surface area contributed by atoms with E-state index in [2.05, 4.69) is 0 Å². The Morgan fingerprint density at radius 2 is 1.74 bits per heavy atom. The number of halogens is 1. The highest BCUT2D eigenvalue weighted by atomic mass is 19.1. The standard InChI is InChI=1S/C13H15BFNO3/c1-12(2)13(3,4)19-14(18-12)9-5-8(7-16)10(15)6-11(9)17/h5-6,17H,1-4H3. The Morgan fingerprint density at radius 3 is 2.21 bits per heavy atom. The van der Waals surface area contributed by atoms with Crippen molar-refractivity contribution in [3.05, 3.63) is 23.5 Å². The number of hydrogen-bond donors (Lipinski definition) is 1. The van der Waals surface area contributed by atoms with Gasteiger partial charge >= 0.3 is 7.12 Å². The molecule has 0 spiro atoms. The third kappa shape index (κ3) is 2.20. The minimum atomic E-state index is -0.822. The van der Waals surface area contributed by atoms with Crippen molar-refractivity contribution in [2.24, 2.45) is 0 Å². The maximum Gasteiger partial charge on any atom is 0.498 e. The lowest BCUT2D eigenvalue weighted by Crippen LogP contribution is -2.41. The zero-order chi connectivity index (χ0) is 14.4. The highest BCUT2D eigenvalue weighted by Crippen LogP contribution is 2.37. The van der Waals surface area contributed by atoms with Crippen LogP contribution in [0.2, 0.25) is 0 Å². The first kappa shape index (κ1) is 13.8. The van der Waals surface area contributed by atoms with Gasteiger partial charge in [-0.15, -0.1) is 0 Å². The van der Waals surface area contributed by atoms with Gasteiger partial charge in [-0.05, 0) is 33.8 Å². The fourth-order valence-electron chi connectivity index (χ4n) is 1.82. The monoisotopic (exact) mass is 263 g/mol. The molecule has 0 bridgehead atoms. The number of rotatable bonds is 1. The highest BCUT2D eigenvalue weighted by Gasteiger charge is 2.52. The van der Waals surface area contributed by atoms with Gasteiger partial charge in [-0.1, -0.05) is 0 Å². The molecular weight excluding hydrogens is 248 g/mol. The summed E-state index contributed by atoms with van der Waals surface area (Å²) in [4.78, 5) is 0. The molecule has 1 aliphatic heterocycles. The first-order chi connectivity index (χ1) is 8.68. The third-order valence-electron chi connectivity index (χ3n) is 3.74. The molecule has 1 aliphatic rings. The summed E-state index contributed by atoms with van der Waals surface area (Å²) >= 11 is 0. The molecule has 1 aromatic rings. The number of aromatic hydroxyl groups is 1. The summed E-state index contributed by atoms with van der Waals surface area (Å²) in [5.74, 6) is -1.05. The Morgan fingerprint density at radius 1 is 1.21 bits per heavy atom. The molecule has 0 aliphatic carbocycles. The quantitative estimate of drug-likeness (QED) is 0.783. The maximum atomic E-state index is 13.4. The molecule has 0 saturated carbocycles. The van der Waals surface area contributed by atoms with Gasteiger partial charge in [-0.25, -0.2) is 4.39 Å². The van der Waals surface area contributed by atoms with Crippen LogP contribution in [0.4, 0.5) is 4.39 Å². The molecule has 4 nitrogen and oxygen atoms in total. The van der Waals surface area contributed by atoms with Crippen LogP contribution in [-0.2, 0) is 9.31 Å². The van der Waals surface area contributed by atoms with E-state index in [1.807, 2.05) is 27.7 Å². The van der Waals surface area contributed by atoms with Crippen molar-refractivity contribution in [3.8, 4) is 11.8 Å². The van der Waals surface area contributed by atoms with Crippen molar-refractivity contribution < 1.29 is 18.8 Å². The zero-order valence-corrected chi connectivity index (χ0v) is 11.3. The summed E-state index contributed by atoms with van der Waals surface area (Å²) in [6, 6.07) is 3.89. The first-order valence-corrected chi connectivity index (χ1v) is 5.96. The average molecular weight is 263 g/mol. The minimum absolute atomic E-state index is 0.150. The molecule has 1 heterocycles. The molecule has 0 radical (unpaired) electrons. The van der Waals surface area contributed by atoms with Crippen molar-refractivity contribution in [2.75, 3.05) is 0 Å². The Bertz CT molecular complexity index is 550. The number of nitriles is 1. The molecule has 1 aromatic carbocycles. The average Bonchev–Trinajstić information content (AvgIpc) is 2.48. The minimum Gasteiger partial charge on any atom is -0.508 e. The second-order valence-corrected chi connectivity index (χ2v) is 5.59. The van der Waals surface area contributed by atoms with E-state index in [1.165, 1.54) is 6.07 Å². The molecule has 0 amide bonds. The van der Waals surface area contributed by atoms with E-state index in [-0.39, 0.29) is 16.8 Å². The molecule has 1 fully saturated rings. The Labute approximate surface area is 111 Å². The van der Waals surface area contributed by atoms with E-state index < -0.39 is 24.1 Å². The molecule has 2 rings (SSSR count). The van der Waals surface area contributed by atoms with Crippen molar-refractivity contribution in [2.45, 2.75) is 38.9 Å². The zero-order valence-electron chi connectivity index (χ0n) is 11.3.